The molecule has 0 aromatic heterocycles. The molecular weight excluding hydrogens is 454 g/mol. The molecule has 32 heavy (non-hydrogen) atoms. The van der Waals surface area contributed by atoms with Crippen LogP contribution in [0.1, 0.15) is 42.5 Å². The SMILES string of the molecule is COc1ccc(C(=O)N2CCN([C@H]3CCS(=O)(=O)C3)CC2)cc1S(=O)(=O)NC1CCCC1. The second-order valence-corrected chi connectivity index (χ2v) is 12.8. The molecule has 1 amide bonds. The Morgan fingerprint density at radius 1 is 1.09 bits per heavy atom. The highest BCUT2D eigenvalue weighted by Crippen LogP contribution is 2.28. The Balaban J connectivity index is 1.45. The number of nitrogens with zero attached hydrogens (tertiary/aromatic N) is 2. The van der Waals surface area contributed by atoms with Crippen molar-refractivity contribution in [3.05, 3.63) is 23.8 Å². The van der Waals surface area contributed by atoms with Crippen molar-refractivity contribution in [3.8, 4) is 5.75 Å². The van der Waals surface area contributed by atoms with Gasteiger partial charge >= 0.3 is 0 Å². The average molecular weight is 486 g/mol. The molecule has 3 fully saturated rings. The van der Waals surface area contributed by atoms with Crippen LogP contribution < -0.4 is 9.46 Å². The van der Waals surface area contributed by atoms with Crippen LogP contribution in [-0.4, -0.2) is 89.4 Å². The van der Waals surface area contributed by atoms with E-state index in [0.717, 1.165) is 25.7 Å². The number of sulfonamides is 1. The quantitative estimate of drug-likeness (QED) is 0.636. The molecule has 4 rings (SSSR count). The van der Waals surface area contributed by atoms with Crippen LogP contribution in [-0.2, 0) is 19.9 Å². The third-order valence-electron chi connectivity index (χ3n) is 6.70. The standard InChI is InChI=1S/C21H31N3O6S2/c1-30-19-7-6-16(14-20(19)32(28,29)22-17-4-2-3-5-17)21(25)24-11-9-23(10-12-24)18-8-13-31(26,27)15-18/h6-7,14,17-18,22H,2-5,8-13,15H2,1H3/t18-/m0/s1. The Kier molecular flexibility index (Phi) is 6.81. The van der Waals surface area contributed by atoms with Gasteiger partial charge in [0.2, 0.25) is 10.0 Å². The summed E-state index contributed by atoms with van der Waals surface area (Å²) in [5, 5.41) is 0. The third-order valence-corrected chi connectivity index (χ3v) is 10.00. The fraction of sp³-hybridized carbons (Fsp3) is 0.667. The van der Waals surface area contributed by atoms with Crippen LogP contribution >= 0.6 is 0 Å². The summed E-state index contributed by atoms with van der Waals surface area (Å²) in [4.78, 5) is 16.9. The van der Waals surface area contributed by atoms with E-state index in [9.17, 15) is 21.6 Å². The van der Waals surface area contributed by atoms with Crippen molar-refractivity contribution in [3.63, 3.8) is 0 Å². The topological polar surface area (TPSA) is 113 Å². The molecule has 3 aliphatic rings. The third kappa shape index (κ3) is 5.11. The monoisotopic (exact) mass is 485 g/mol. The first kappa shape index (κ1) is 23.5. The van der Waals surface area contributed by atoms with Crippen LogP contribution in [0.25, 0.3) is 0 Å². The number of piperazine rings is 1. The van der Waals surface area contributed by atoms with Crippen molar-refractivity contribution >= 4 is 25.8 Å². The predicted molar refractivity (Wildman–Crippen MR) is 120 cm³/mol. The van der Waals surface area contributed by atoms with Gasteiger partial charge in [-0.05, 0) is 37.5 Å². The summed E-state index contributed by atoms with van der Waals surface area (Å²) in [6.07, 6.45) is 4.27. The lowest BCUT2D eigenvalue weighted by atomic mass is 10.1. The van der Waals surface area contributed by atoms with Crippen LogP contribution in [0.4, 0.5) is 0 Å². The van der Waals surface area contributed by atoms with Crippen molar-refractivity contribution in [1.82, 2.24) is 14.5 Å². The van der Waals surface area contributed by atoms with Gasteiger partial charge in [0.05, 0.1) is 18.6 Å². The van der Waals surface area contributed by atoms with E-state index in [0.29, 0.717) is 38.2 Å². The van der Waals surface area contributed by atoms with Gasteiger partial charge in [-0.25, -0.2) is 21.6 Å². The number of nitrogens with one attached hydrogen (secondary N) is 1. The minimum atomic E-state index is -3.81. The maximum absolute atomic E-state index is 13.1. The maximum atomic E-state index is 13.1. The van der Waals surface area contributed by atoms with Crippen LogP contribution in [0.2, 0.25) is 0 Å². The summed E-state index contributed by atoms with van der Waals surface area (Å²) >= 11 is 0. The summed E-state index contributed by atoms with van der Waals surface area (Å²) < 4.78 is 57.5. The lowest BCUT2D eigenvalue weighted by Gasteiger charge is -2.37. The smallest absolute Gasteiger partial charge is 0.253 e. The Morgan fingerprint density at radius 2 is 1.78 bits per heavy atom. The van der Waals surface area contributed by atoms with Crippen LogP contribution in [0, 0.1) is 0 Å². The molecule has 2 aliphatic heterocycles. The molecule has 0 radical (unpaired) electrons. The molecule has 1 aromatic rings. The molecule has 1 atom stereocenters. The lowest BCUT2D eigenvalue weighted by Crippen LogP contribution is -2.52. The van der Waals surface area contributed by atoms with Crippen molar-refractivity contribution in [2.45, 2.75) is 49.1 Å². The normalized spacial score (nSPS) is 24.7. The number of benzene rings is 1. The molecule has 0 unspecified atom stereocenters. The summed E-state index contributed by atoms with van der Waals surface area (Å²) in [5.41, 5.74) is 0.300. The van der Waals surface area contributed by atoms with Gasteiger partial charge in [0.1, 0.15) is 10.6 Å². The molecule has 2 heterocycles. The highest BCUT2D eigenvalue weighted by Gasteiger charge is 2.35. The average Bonchev–Trinajstić information content (AvgIpc) is 3.41. The number of methoxy groups -OCH3 is 1. The van der Waals surface area contributed by atoms with E-state index in [-0.39, 0.29) is 40.1 Å². The fourth-order valence-electron chi connectivity index (χ4n) is 4.88. The largest absolute Gasteiger partial charge is 0.495 e. The van der Waals surface area contributed by atoms with E-state index in [1.54, 1.807) is 11.0 Å². The fourth-order valence-corrected chi connectivity index (χ4v) is 8.14. The number of rotatable bonds is 6. The molecule has 0 spiro atoms. The van der Waals surface area contributed by atoms with Crippen molar-refractivity contribution in [2.75, 3.05) is 44.8 Å². The Morgan fingerprint density at radius 3 is 2.38 bits per heavy atom. The number of hydrogen-bond acceptors (Lipinski definition) is 7. The summed E-state index contributed by atoms with van der Waals surface area (Å²) in [5.74, 6) is 0.395. The van der Waals surface area contributed by atoms with E-state index >= 15 is 0 Å². The zero-order chi connectivity index (χ0) is 22.9. The van der Waals surface area contributed by atoms with E-state index in [2.05, 4.69) is 9.62 Å². The molecule has 11 heteroatoms. The van der Waals surface area contributed by atoms with Gasteiger partial charge in [-0.3, -0.25) is 9.69 Å². The molecular formula is C21H31N3O6S2. The van der Waals surface area contributed by atoms with Gasteiger partial charge in [0.15, 0.2) is 9.84 Å². The Bertz CT molecular complexity index is 1060. The lowest BCUT2D eigenvalue weighted by molar-refractivity contribution is 0.0587. The summed E-state index contributed by atoms with van der Waals surface area (Å²) in [6.45, 7) is 2.17. The van der Waals surface area contributed by atoms with Crippen molar-refractivity contribution in [1.29, 1.82) is 0 Å². The van der Waals surface area contributed by atoms with Gasteiger partial charge in [-0.2, -0.15) is 0 Å². The predicted octanol–water partition coefficient (Wildman–Crippen LogP) is 0.861. The number of hydrogen-bond donors (Lipinski definition) is 1. The minimum absolute atomic E-state index is 0.0208. The number of ether oxygens (including phenoxy) is 1. The summed E-state index contributed by atoms with van der Waals surface area (Å²) in [6, 6.07) is 4.45. The van der Waals surface area contributed by atoms with Crippen molar-refractivity contribution in [2.24, 2.45) is 0 Å². The van der Waals surface area contributed by atoms with Gasteiger partial charge < -0.3 is 9.64 Å². The molecule has 1 saturated carbocycles. The van der Waals surface area contributed by atoms with E-state index in [4.69, 9.17) is 4.74 Å². The minimum Gasteiger partial charge on any atom is -0.495 e. The molecule has 2 saturated heterocycles. The van der Waals surface area contributed by atoms with Gasteiger partial charge in [0, 0.05) is 43.8 Å². The van der Waals surface area contributed by atoms with Gasteiger partial charge in [-0.1, -0.05) is 12.8 Å². The van der Waals surface area contributed by atoms with Crippen LogP contribution in [0.15, 0.2) is 23.1 Å². The van der Waals surface area contributed by atoms with Crippen LogP contribution in [0.5, 0.6) is 5.75 Å². The Labute approximate surface area is 190 Å². The molecule has 1 aliphatic carbocycles. The molecule has 178 valence electrons. The maximum Gasteiger partial charge on any atom is 0.253 e. The van der Waals surface area contributed by atoms with E-state index < -0.39 is 19.9 Å². The first-order valence-electron chi connectivity index (χ1n) is 11.1. The van der Waals surface area contributed by atoms with Gasteiger partial charge in [0.25, 0.3) is 5.91 Å². The highest BCUT2D eigenvalue weighted by molar-refractivity contribution is 7.91. The zero-order valence-corrected chi connectivity index (χ0v) is 20.0. The van der Waals surface area contributed by atoms with Crippen molar-refractivity contribution < 1.29 is 26.4 Å². The molecule has 1 N–H and O–H groups in total. The first-order chi connectivity index (χ1) is 15.2. The van der Waals surface area contributed by atoms with Gasteiger partial charge in [-0.15, -0.1) is 0 Å². The van der Waals surface area contributed by atoms with Crippen LogP contribution in [0.3, 0.4) is 0 Å². The second kappa shape index (κ2) is 9.28. The highest BCUT2D eigenvalue weighted by atomic mass is 32.2. The first-order valence-corrected chi connectivity index (χ1v) is 14.4. The molecule has 1 aromatic carbocycles. The Hall–Kier alpha value is -1.69. The second-order valence-electron chi connectivity index (χ2n) is 8.85. The zero-order valence-electron chi connectivity index (χ0n) is 18.3. The number of amides is 1. The summed E-state index contributed by atoms with van der Waals surface area (Å²) in [7, 11) is -5.35. The number of carbonyl (C=O) groups is 1. The van der Waals surface area contributed by atoms with E-state index in [1.807, 2.05) is 0 Å². The number of sulfone groups is 1. The molecule has 9 nitrogen and oxygen atoms in total. The van der Waals surface area contributed by atoms with E-state index in [1.165, 1.54) is 19.2 Å². The molecule has 0 bridgehead atoms. The number of carbonyl (C=O) groups excluding carboxylic acids is 1.